The lowest BCUT2D eigenvalue weighted by atomic mass is 10.3. The van der Waals surface area contributed by atoms with Crippen molar-refractivity contribution < 1.29 is 14.3 Å². The van der Waals surface area contributed by atoms with E-state index >= 15 is 0 Å². The van der Waals surface area contributed by atoms with Crippen molar-refractivity contribution in [2.75, 3.05) is 0 Å². The lowest BCUT2D eigenvalue weighted by Gasteiger charge is -1.93. The largest absolute Gasteiger partial charge is 0.477 e. The molecule has 18 heavy (non-hydrogen) atoms. The van der Waals surface area contributed by atoms with Crippen LogP contribution in [0.3, 0.4) is 0 Å². The average Bonchev–Trinajstić information content (AvgIpc) is 2.87. The van der Waals surface area contributed by atoms with Gasteiger partial charge in [-0.05, 0) is 12.1 Å². The minimum atomic E-state index is -0.980. The van der Waals surface area contributed by atoms with E-state index in [0.717, 1.165) is 17.5 Å². The number of aromatic nitrogens is 3. The zero-order chi connectivity index (χ0) is 12.7. The first-order chi connectivity index (χ1) is 8.63. The van der Waals surface area contributed by atoms with Crippen LogP contribution < -0.4 is 0 Å². The fourth-order valence-corrected chi connectivity index (χ4v) is 2.35. The van der Waals surface area contributed by atoms with Gasteiger partial charge < -0.3 is 5.11 Å². The maximum Gasteiger partial charge on any atom is 0.347 e. The van der Waals surface area contributed by atoms with Crippen LogP contribution in [0.15, 0.2) is 30.7 Å². The SMILES string of the molecule is O=C(O)c1cn2cc(-c3ccc(F)cn3)nc2s1. The topological polar surface area (TPSA) is 67.5 Å². The van der Waals surface area contributed by atoms with Crippen LogP contribution in [0.2, 0.25) is 0 Å². The Hall–Kier alpha value is -2.28. The third-order valence-corrected chi connectivity index (χ3v) is 3.34. The molecule has 0 aliphatic carbocycles. The smallest absolute Gasteiger partial charge is 0.347 e. The molecule has 0 saturated heterocycles. The van der Waals surface area contributed by atoms with Gasteiger partial charge >= 0.3 is 5.97 Å². The molecule has 0 aliphatic rings. The first-order valence-corrected chi connectivity index (χ1v) is 5.79. The van der Waals surface area contributed by atoms with Crippen molar-refractivity contribution in [2.45, 2.75) is 0 Å². The lowest BCUT2D eigenvalue weighted by molar-refractivity contribution is 0.0702. The van der Waals surface area contributed by atoms with Gasteiger partial charge in [0.05, 0.1) is 11.9 Å². The van der Waals surface area contributed by atoms with Gasteiger partial charge in [0.2, 0.25) is 0 Å². The molecule has 0 fully saturated rings. The van der Waals surface area contributed by atoms with Gasteiger partial charge in [-0.3, -0.25) is 9.38 Å². The van der Waals surface area contributed by atoms with Crippen molar-refractivity contribution in [3.8, 4) is 11.4 Å². The fraction of sp³-hybridized carbons (Fsp3) is 0. The Morgan fingerprint density at radius 2 is 2.17 bits per heavy atom. The monoisotopic (exact) mass is 263 g/mol. The van der Waals surface area contributed by atoms with Crippen molar-refractivity contribution in [1.82, 2.24) is 14.4 Å². The molecule has 3 heterocycles. The Morgan fingerprint density at radius 1 is 1.33 bits per heavy atom. The molecule has 0 radical (unpaired) electrons. The molecule has 0 atom stereocenters. The summed E-state index contributed by atoms with van der Waals surface area (Å²) in [6, 6.07) is 2.83. The summed E-state index contributed by atoms with van der Waals surface area (Å²) in [4.78, 5) is 19.7. The number of hydrogen-bond acceptors (Lipinski definition) is 4. The highest BCUT2D eigenvalue weighted by atomic mass is 32.1. The summed E-state index contributed by atoms with van der Waals surface area (Å²) in [7, 11) is 0. The van der Waals surface area contributed by atoms with E-state index in [-0.39, 0.29) is 4.88 Å². The van der Waals surface area contributed by atoms with Crippen LogP contribution in [0.4, 0.5) is 4.39 Å². The number of fused-ring (bicyclic) bond motifs is 1. The second kappa shape index (κ2) is 3.88. The van der Waals surface area contributed by atoms with Crippen molar-refractivity contribution in [2.24, 2.45) is 0 Å². The molecular weight excluding hydrogens is 257 g/mol. The molecule has 0 unspecified atom stereocenters. The lowest BCUT2D eigenvalue weighted by Crippen LogP contribution is -1.91. The second-order valence-electron chi connectivity index (χ2n) is 3.58. The summed E-state index contributed by atoms with van der Waals surface area (Å²) in [5.41, 5.74) is 1.13. The molecule has 0 aliphatic heterocycles. The number of aromatic carboxylic acids is 1. The molecule has 0 spiro atoms. The number of hydrogen-bond donors (Lipinski definition) is 1. The molecule has 3 aromatic heterocycles. The van der Waals surface area contributed by atoms with Gasteiger partial charge in [0, 0.05) is 12.4 Å². The van der Waals surface area contributed by atoms with Gasteiger partial charge in [0.1, 0.15) is 16.4 Å². The zero-order valence-electron chi connectivity index (χ0n) is 8.87. The Labute approximate surface area is 104 Å². The average molecular weight is 263 g/mol. The predicted octanol–water partition coefficient (Wildman–Crippen LogP) is 2.30. The Morgan fingerprint density at radius 3 is 2.78 bits per heavy atom. The predicted molar refractivity (Wildman–Crippen MR) is 63.2 cm³/mol. The third kappa shape index (κ3) is 1.74. The number of halogens is 1. The first-order valence-electron chi connectivity index (χ1n) is 4.97. The van der Waals surface area contributed by atoms with Crippen LogP contribution in [-0.2, 0) is 0 Å². The zero-order valence-corrected chi connectivity index (χ0v) is 9.69. The number of carbonyl (C=O) groups is 1. The molecule has 3 rings (SSSR count). The molecule has 7 heteroatoms. The van der Waals surface area contributed by atoms with Crippen molar-refractivity contribution in [1.29, 1.82) is 0 Å². The third-order valence-electron chi connectivity index (χ3n) is 2.36. The maximum absolute atomic E-state index is 12.7. The Bertz CT molecular complexity index is 701. The van der Waals surface area contributed by atoms with Crippen LogP contribution >= 0.6 is 11.3 Å². The van der Waals surface area contributed by atoms with E-state index < -0.39 is 11.8 Å². The van der Waals surface area contributed by atoms with E-state index in [2.05, 4.69) is 9.97 Å². The molecule has 1 N–H and O–H groups in total. The van der Waals surface area contributed by atoms with Crippen LogP contribution in [0.25, 0.3) is 16.3 Å². The Balaban J connectivity index is 2.06. The summed E-state index contributed by atoms with van der Waals surface area (Å²) in [5, 5.41) is 8.84. The van der Waals surface area contributed by atoms with Crippen LogP contribution in [0.1, 0.15) is 9.67 Å². The molecular formula is C11H6FN3O2S. The minimum absolute atomic E-state index is 0.219. The van der Waals surface area contributed by atoms with Gasteiger partial charge in [0.25, 0.3) is 0 Å². The van der Waals surface area contributed by atoms with Crippen molar-refractivity contribution in [3.63, 3.8) is 0 Å². The number of rotatable bonds is 2. The fourth-order valence-electron chi connectivity index (χ4n) is 1.55. The summed E-state index contributed by atoms with van der Waals surface area (Å²) >= 11 is 1.07. The maximum atomic E-state index is 12.7. The highest BCUT2D eigenvalue weighted by Crippen LogP contribution is 2.22. The van der Waals surface area contributed by atoms with Crippen molar-refractivity contribution >= 4 is 22.3 Å². The quantitative estimate of drug-likeness (QED) is 0.770. The molecule has 5 nitrogen and oxygen atoms in total. The van der Waals surface area contributed by atoms with Crippen LogP contribution in [0.5, 0.6) is 0 Å². The number of pyridine rings is 1. The van der Waals surface area contributed by atoms with Gasteiger partial charge in [-0.1, -0.05) is 11.3 Å². The number of imidazole rings is 1. The molecule has 0 aromatic carbocycles. The standard InChI is InChI=1S/C11H6FN3O2S/c12-6-1-2-7(13-3-6)8-4-15-5-9(10(16)17)18-11(15)14-8/h1-5H,(H,16,17). The van der Waals surface area contributed by atoms with Crippen LogP contribution in [-0.4, -0.2) is 25.4 Å². The van der Waals surface area contributed by atoms with E-state index in [9.17, 15) is 9.18 Å². The van der Waals surface area contributed by atoms with Crippen molar-refractivity contribution in [3.05, 3.63) is 41.4 Å². The summed E-state index contributed by atoms with van der Waals surface area (Å²) in [6.07, 6.45) is 4.27. The molecule has 3 aromatic rings. The first kappa shape index (κ1) is 10.8. The van der Waals surface area contributed by atoms with Gasteiger partial charge in [-0.15, -0.1) is 0 Å². The summed E-state index contributed by atoms with van der Waals surface area (Å²) in [5.74, 6) is -1.39. The van der Waals surface area contributed by atoms with Crippen LogP contribution in [0, 0.1) is 5.82 Å². The van der Waals surface area contributed by atoms with Gasteiger partial charge in [-0.25, -0.2) is 14.2 Å². The highest BCUT2D eigenvalue weighted by molar-refractivity contribution is 7.18. The van der Waals surface area contributed by atoms with Gasteiger partial charge in [0.15, 0.2) is 4.96 Å². The molecule has 0 saturated carbocycles. The number of nitrogens with zero attached hydrogens (tertiary/aromatic N) is 3. The number of thiazole rings is 1. The van der Waals surface area contributed by atoms with E-state index in [1.165, 1.54) is 18.3 Å². The van der Waals surface area contributed by atoms with E-state index in [0.29, 0.717) is 16.3 Å². The summed E-state index contributed by atoms with van der Waals surface area (Å²) in [6.45, 7) is 0. The minimum Gasteiger partial charge on any atom is -0.477 e. The van der Waals surface area contributed by atoms with E-state index in [1.54, 1.807) is 10.6 Å². The highest BCUT2D eigenvalue weighted by Gasteiger charge is 2.12. The molecule has 90 valence electrons. The molecule has 0 amide bonds. The van der Waals surface area contributed by atoms with Gasteiger partial charge in [-0.2, -0.15) is 0 Å². The second-order valence-corrected chi connectivity index (χ2v) is 4.59. The number of carboxylic acid groups (broad SMARTS) is 1. The molecule has 0 bridgehead atoms. The normalized spacial score (nSPS) is 10.9. The van der Waals surface area contributed by atoms with E-state index in [4.69, 9.17) is 5.11 Å². The summed E-state index contributed by atoms with van der Waals surface area (Å²) < 4.78 is 14.4. The van der Waals surface area contributed by atoms with E-state index in [1.807, 2.05) is 0 Å². The number of carboxylic acids is 1. The Kier molecular flexibility index (Phi) is 2.34.